The fourth-order valence-electron chi connectivity index (χ4n) is 3.55. The molecule has 248 valence electrons. The number of nitrogens with two attached hydrogens (primary N) is 1. The van der Waals surface area contributed by atoms with Crippen molar-refractivity contribution in [1.82, 2.24) is 15.8 Å². The van der Waals surface area contributed by atoms with Crippen LogP contribution >= 0.6 is 11.6 Å². The molecule has 0 bridgehead atoms. The number of carboxylic acids is 1. The van der Waals surface area contributed by atoms with Gasteiger partial charge < -0.3 is 30.5 Å². The molecule has 3 rings (SSSR count). The van der Waals surface area contributed by atoms with Crippen molar-refractivity contribution >= 4 is 40.9 Å². The number of aliphatic carboxylic acids is 1. The van der Waals surface area contributed by atoms with E-state index in [4.69, 9.17) is 42.1 Å². The van der Waals surface area contributed by atoms with Crippen molar-refractivity contribution in [3.63, 3.8) is 0 Å². The summed E-state index contributed by atoms with van der Waals surface area (Å²) in [6.45, 7) is 3.45. The number of rotatable bonds is 12. The SMILES string of the molecule is CCOc1cc(C(Nc2ccc(C(=N)N)cc2)C(=O)NNC(=O)c2ccccc2Cl)ccc1OCCN(C)C.O=C(O)C(F)(F)F. The van der Waals surface area contributed by atoms with Gasteiger partial charge in [-0.1, -0.05) is 29.8 Å². The molecule has 0 heterocycles. The molecule has 0 aliphatic rings. The molecule has 12 nitrogen and oxygen atoms in total. The zero-order valence-electron chi connectivity index (χ0n) is 25.1. The van der Waals surface area contributed by atoms with Crippen LogP contribution in [-0.4, -0.2) is 73.7 Å². The van der Waals surface area contributed by atoms with E-state index in [9.17, 15) is 22.8 Å². The fraction of sp³-hybridized carbons (Fsp3) is 0.267. The number of alkyl halides is 3. The molecule has 0 fully saturated rings. The van der Waals surface area contributed by atoms with Crippen LogP contribution in [0.15, 0.2) is 66.7 Å². The number of hydrazine groups is 1. The summed E-state index contributed by atoms with van der Waals surface area (Å²) in [6, 6.07) is 17.6. The normalized spacial score (nSPS) is 11.4. The van der Waals surface area contributed by atoms with E-state index in [1.807, 2.05) is 25.9 Å². The Balaban J connectivity index is 0.000000942. The molecule has 0 aromatic heterocycles. The van der Waals surface area contributed by atoms with Crippen LogP contribution in [0.4, 0.5) is 18.9 Å². The highest BCUT2D eigenvalue weighted by Crippen LogP contribution is 2.32. The number of carboxylic acid groups (broad SMARTS) is 1. The monoisotopic (exact) mass is 666 g/mol. The lowest BCUT2D eigenvalue weighted by Crippen LogP contribution is -2.45. The topological polar surface area (TPSA) is 179 Å². The number of benzene rings is 3. The highest BCUT2D eigenvalue weighted by Gasteiger charge is 2.38. The van der Waals surface area contributed by atoms with Crippen LogP contribution in [0, 0.1) is 5.41 Å². The standard InChI is InChI=1S/C28H33ClN6O4.C2HF3O2/c1-4-38-24-17-19(11-14-23(24)39-16-15-35(2)3)25(32-20-12-9-18(10-13-20)26(30)31)28(37)34-33-27(36)21-7-5-6-8-22(21)29;3-2(4,5)1(6)7/h5-14,17,25,32H,4,15-16H2,1-3H3,(H3,30,31)(H,33,36)(H,34,37);(H,6,7). The van der Waals surface area contributed by atoms with E-state index >= 15 is 0 Å². The Labute approximate surface area is 268 Å². The van der Waals surface area contributed by atoms with Gasteiger partial charge in [0.2, 0.25) is 0 Å². The summed E-state index contributed by atoms with van der Waals surface area (Å²) >= 11 is 6.11. The number of carbonyl (C=O) groups excluding carboxylic acids is 2. The van der Waals surface area contributed by atoms with E-state index in [1.54, 1.807) is 66.7 Å². The highest BCUT2D eigenvalue weighted by molar-refractivity contribution is 6.33. The third-order valence-corrected chi connectivity index (χ3v) is 6.16. The van der Waals surface area contributed by atoms with E-state index in [1.165, 1.54) is 0 Å². The van der Waals surface area contributed by atoms with Gasteiger partial charge in [0.1, 0.15) is 18.5 Å². The zero-order chi connectivity index (χ0) is 34.4. The van der Waals surface area contributed by atoms with E-state index in [0.717, 1.165) is 6.54 Å². The molecule has 3 aromatic carbocycles. The number of ether oxygens (including phenoxy) is 2. The number of hydrogen-bond donors (Lipinski definition) is 6. The fourth-order valence-corrected chi connectivity index (χ4v) is 3.77. The van der Waals surface area contributed by atoms with Crippen molar-refractivity contribution in [3.05, 3.63) is 88.4 Å². The summed E-state index contributed by atoms with van der Waals surface area (Å²) in [4.78, 5) is 36.9. The van der Waals surface area contributed by atoms with Gasteiger partial charge in [-0.15, -0.1) is 0 Å². The van der Waals surface area contributed by atoms with Gasteiger partial charge in [0.15, 0.2) is 11.5 Å². The second kappa shape index (κ2) is 17.5. The number of hydrogen-bond acceptors (Lipinski definition) is 8. The second-order valence-electron chi connectivity index (χ2n) is 9.59. The van der Waals surface area contributed by atoms with Crippen molar-refractivity contribution in [3.8, 4) is 11.5 Å². The number of carbonyl (C=O) groups is 3. The van der Waals surface area contributed by atoms with Crippen LogP contribution in [0.3, 0.4) is 0 Å². The molecule has 16 heteroatoms. The average Bonchev–Trinajstić information content (AvgIpc) is 2.99. The number of nitrogens with one attached hydrogen (secondary N) is 4. The minimum Gasteiger partial charge on any atom is -0.490 e. The van der Waals surface area contributed by atoms with E-state index in [-0.39, 0.29) is 16.4 Å². The first kappa shape index (κ1) is 37.2. The average molecular weight is 667 g/mol. The van der Waals surface area contributed by atoms with Gasteiger partial charge in [-0.05, 0) is 75.1 Å². The Bertz CT molecular complexity index is 1510. The highest BCUT2D eigenvalue weighted by atomic mass is 35.5. The van der Waals surface area contributed by atoms with Crippen LogP contribution in [-0.2, 0) is 9.59 Å². The van der Waals surface area contributed by atoms with Crippen molar-refractivity contribution < 1.29 is 42.1 Å². The minimum atomic E-state index is -5.08. The maximum absolute atomic E-state index is 13.4. The third kappa shape index (κ3) is 11.8. The van der Waals surface area contributed by atoms with E-state index in [2.05, 4.69) is 16.2 Å². The molecule has 1 unspecified atom stereocenters. The summed E-state index contributed by atoms with van der Waals surface area (Å²) in [5.41, 5.74) is 12.4. The molecule has 2 amide bonds. The van der Waals surface area contributed by atoms with Crippen molar-refractivity contribution in [2.24, 2.45) is 5.73 Å². The predicted octanol–water partition coefficient (Wildman–Crippen LogP) is 4.21. The quantitative estimate of drug-likeness (QED) is 0.0938. The Morgan fingerprint density at radius 2 is 1.63 bits per heavy atom. The number of nitrogens with zero attached hydrogens (tertiary/aromatic N) is 1. The molecular weight excluding hydrogens is 633 g/mol. The third-order valence-electron chi connectivity index (χ3n) is 5.83. The van der Waals surface area contributed by atoms with Gasteiger partial charge in [-0.2, -0.15) is 13.2 Å². The number of anilines is 1. The molecule has 0 aliphatic carbocycles. The van der Waals surface area contributed by atoms with E-state index < -0.39 is 30.0 Å². The molecule has 0 spiro atoms. The first-order valence-corrected chi connectivity index (χ1v) is 13.9. The smallest absolute Gasteiger partial charge is 0.490 e. The number of amidine groups is 1. The summed E-state index contributed by atoms with van der Waals surface area (Å²) < 4.78 is 43.4. The first-order valence-electron chi connectivity index (χ1n) is 13.5. The number of likely N-dealkylation sites (N-methyl/N-ethyl adjacent to an activating group) is 1. The maximum atomic E-state index is 13.4. The molecule has 46 heavy (non-hydrogen) atoms. The molecule has 0 saturated heterocycles. The summed E-state index contributed by atoms with van der Waals surface area (Å²) in [5, 5.41) is 18.2. The second-order valence-corrected chi connectivity index (χ2v) is 9.99. The van der Waals surface area contributed by atoms with Crippen LogP contribution in [0.25, 0.3) is 0 Å². The van der Waals surface area contributed by atoms with Crippen LogP contribution in [0.1, 0.15) is 34.5 Å². The summed E-state index contributed by atoms with van der Waals surface area (Å²) in [7, 11) is 3.91. The van der Waals surface area contributed by atoms with E-state index in [0.29, 0.717) is 41.5 Å². The largest absolute Gasteiger partial charge is 0.490 e. The lowest BCUT2D eigenvalue weighted by atomic mass is 10.0. The van der Waals surface area contributed by atoms with Gasteiger partial charge in [0.25, 0.3) is 11.8 Å². The predicted molar refractivity (Wildman–Crippen MR) is 166 cm³/mol. The van der Waals surface area contributed by atoms with Crippen LogP contribution in [0.5, 0.6) is 11.5 Å². The molecule has 0 aliphatic heterocycles. The molecular formula is C30H34ClF3N6O6. The first-order chi connectivity index (χ1) is 21.6. The van der Waals surface area contributed by atoms with Gasteiger partial charge in [0.05, 0.1) is 17.2 Å². The lowest BCUT2D eigenvalue weighted by Gasteiger charge is -2.22. The summed E-state index contributed by atoms with van der Waals surface area (Å²) in [5.74, 6) is -2.87. The van der Waals surface area contributed by atoms with Crippen molar-refractivity contribution in [2.45, 2.75) is 19.1 Å². The lowest BCUT2D eigenvalue weighted by molar-refractivity contribution is -0.192. The Morgan fingerprint density at radius 3 is 2.17 bits per heavy atom. The van der Waals surface area contributed by atoms with Crippen LogP contribution < -0.4 is 31.4 Å². The Morgan fingerprint density at radius 1 is 1.00 bits per heavy atom. The van der Waals surface area contributed by atoms with Gasteiger partial charge >= 0.3 is 12.1 Å². The molecule has 0 saturated carbocycles. The van der Waals surface area contributed by atoms with Gasteiger partial charge in [-0.3, -0.25) is 25.8 Å². The van der Waals surface area contributed by atoms with Crippen LogP contribution in [0.2, 0.25) is 5.02 Å². The number of nitrogen functional groups attached to an aromatic ring is 1. The maximum Gasteiger partial charge on any atom is 0.490 e. The van der Waals surface area contributed by atoms with Gasteiger partial charge in [0, 0.05) is 17.8 Å². The summed E-state index contributed by atoms with van der Waals surface area (Å²) in [6.07, 6.45) is -5.08. The zero-order valence-corrected chi connectivity index (χ0v) is 25.8. The molecule has 1 atom stereocenters. The molecule has 0 radical (unpaired) electrons. The van der Waals surface area contributed by atoms with Gasteiger partial charge in [-0.25, -0.2) is 4.79 Å². The molecule has 7 N–H and O–H groups in total. The Kier molecular flexibility index (Phi) is 14.1. The van der Waals surface area contributed by atoms with Crippen molar-refractivity contribution in [2.75, 3.05) is 39.2 Å². The Hall–Kier alpha value is -5.02. The number of amides is 2. The van der Waals surface area contributed by atoms with Crippen molar-refractivity contribution in [1.29, 1.82) is 5.41 Å². The minimum absolute atomic E-state index is 0.0654. The molecule has 3 aromatic rings. The number of halogens is 4.